The van der Waals surface area contributed by atoms with Gasteiger partial charge in [-0.05, 0) is 43.2 Å². The first-order valence-electron chi connectivity index (χ1n) is 10.6. The van der Waals surface area contributed by atoms with E-state index in [1.807, 2.05) is 25.1 Å². The lowest BCUT2D eigenvalue weighted by Gasteiger charge is -2.30. The van der Waals surface area contributed by atoms with Gasteiger partial charge in [0.25, 0.3) is 0 Å². The second-order valence-electron chi connectivity index (χ2n) is 8.36. The van der Waals surface area contributed by atoms with Crippen molar-refractivity contribution in [1.82, 2.24) is 24.5 Å². The van der Waals surface area contributed by atoms with Crippen molar-refractivity contribution in [2.75, 3.05) is 20.2 Å². The SMILES string of the molecule is COc1ccc2ccc(-c3nnc4ccc([C@@H](N5CCC(N)C5)C(F)(F)F)cn34)nc2c1C.Cl. The van der Waals surface area contributed by atoms with Crippen LogP contribution in [0.1, 0.15) is 23.6 Å². The average molecular weight is 493 g/mol. The van der Waals surface area contributed by atoms with Gasteiger partial charge in [0.15, 0.2) is 11.5 Å². The van der Waals surface area contributed by atoms with E-state index in [1.54, 1.807) is 23.6 Å². The minimum Gasteiger partial charge on any atom is -0.496 e. The Labute approximate surface area is 200 Å². The van der Waals surface area contributed by atoms with E-state index >= 15 is 0 Å². The lowest BCUT2D eigenvalue weighted by molar-refractivity contribution is -0.183. The molecule has 1 unspecified atom stereocenters. The molecule has 1 fully saturated rings. The van der Waals surface area contributed by atoms with Crippen LogP contribution in [0, 0.1) is 6.92 Å². The van der Waals surface area contributed by atoms with Crippen molar-refractivity contribution in [2.45, 2.75) is 31.6 Å². The van der Waals surface area contributed by atoms with Crippen LogP contribution in [-0.2, 0) is 0 Å². The predicted molar refractivity (Wildman–Crippen MR) is 125 cm³/mol. The van der Waals surface area contributed by atoms with E-state index in [1.165, 1.54) is 17.2 Å². The Morgan fingerprint density at radius 1 is 1.12 bits per heavy atom. The Morgan fingerprint density at radius 2 is 1.88 bits per heavy atom. The number of fused-ring (bicyclic) bond motifs is 2. The van der Waals surface area contributed by atoms with Gasteiger partial charge in [0, 0.05) is 36.3 Å². The number of benzene rings is 1. The smallest absolute Gasteiger partial charge is 0.408 e. The standard InChI is InChI=1S/C23H23F3N6O.ClH/c1-13-18(33-2)7-4-14-3-6-17(28-20(13)14)22-30-29-19-8-5-15(11-32(19)22)21(23(24,25)26)31-10-9-16(27)12-31;/h3-8,11,16,21H,9-10,12,27H2,1-2H3;1H/t16?,21-;/m1./s1. The molecule has 1 aromatic carbocycles. The minimum absolute atomic E-state index is 0. The summed E-state index contributed by atoms with van der Waals surface area (Å²) in [4.78, 5) is 6.12. The molecule has 0 saturated carbocycles. The van der Waals surface area contributed by atoms with Crippen LogP contribution in [0.2, 0.25) is 0 Å². The molecule has 4 aromatic rings. The van der Waals surface area contributed by atoms with Gasteiger partial charge in [-0.25, -0.2) is 4.98 Å². The molecule has 2 N–H and O–H groups in total. The summed E-state index contributed by atoms with van der Waals surface area (Å²) >= 11 is 0. The van der Waals surface area contributed by atoms with Crippen molar-refractivity contribution in [2.24, 2.45) is 5.73 Å². The zero-order chi connectivity index (χ0) is 23.3. The monoisotopic (exact) mass is 492 g/mol. The van der Waals surface area contributed by atoms with Crippen LogP contribution >= 0.6 is 12.4 Å². The number of aryl methyl sites for hydroxylation is 1. The zero-order valence-corrected chi connectivity index (χ0v) is 19.4. The fourth-order valence-corrected chi connectivity index (χ4v) is 4.56. The molecule has 34 heavy (non-hydrogen) atoms. The molecule has 11 heteroatoms. The summed E-state index contributed by atoms with van der Waals surface area (Å²) in [6, 6.07) is 8.48. The maximum atomic E-state index is 14.1. The van der Waals surface area contributed by atoms with Gasteiger partial charge in [-0.2, -0.15) is 13.2 Å². The summed E-state index contributed by atoms with van der Waals surface area (Å²) in [5.74, 6) is 1.08. The first kappa shape index (κ1) is 24.2. The zero-order valence-electron chi connectivity index (χ0n) is 18.6. The lowest BCUT2D eigenvalue weighted by Crippen LogP contribution is -2.38. The van der Waals surface area contributed by atoms with Crippen LogP contribution in [-0.4, -0.2) is 56.9 Å². The van der Waals surface area contributed by atoms with Gasteiger partial charge in [-0.1, -0.05) is 12.1 Å². The number of alkyl halides is 3. The summed E-state index contributed by atoms with van der Waals surface area (Å²) in [5, 5.41) is 9.28. The Kier molecular flexibility index (Phi) is 6.41. The third kappa shape index (κ3) is 4.17. The molecule has 7 nitrogen and oxygen atoms in total. The molecule has 0 aliphatic carbocycles. The third-order valence-corrected chi connectivity index (χ3v) is 6.19. The molecule has 0 bridgehead atoms. The van der Waals surface area contributed by atoms with E-state index < -0.39 is 12.2 Å². The number of methoxy groups -OCH3 is 1. The number of aromatic nitrogens is 4. The van der Waals surface area contributed by atoms with Gasteiger partial charge in [0.1, 0.15) is 17.5 Å². The molecular weight excluding hydrogens is 469 g/mol. The van der Waals surface area contributed by atoms with E-state index in [9.17, 15) is 13.2 Å². The number of nitrogens with zero attached hydrogens (tertiary/aromatic N) is 5. The molecule has 1 saturated heterocycles. The van der Waals surface area contributed by atoms with Crippen LogP contribution in [0.25, 0.3) is 28.1 Å². The number of halogens is 4. The first-order chi connectivity index (χ1) is 15.8. The summed E-state index contributed by atoms with van der Waals surface area (Å²) in [5.41, 5.74) is 8.56. The average Bonchev–Trinajstić information content (AvgIpc) is 3.39. The van der Waals surface area contributed by atoms with Gasteiger partial charge in [0.05, 0.1) is 12.6 Å². The highest BCUT2D eigenvalue weighted by Gasteiger charge is 2.46. The number of hydrogen-bond acceptors (Lipinski definition) is 6. The predicted octanol–water partition coefficient (Wildman–Crippen LogP) is 4.32. The Balaban J connectivity index is 0.00000274. The molecule has 1 aliphatic heterocycles. The minimum atomic E-state index is -4.44. The summed E-state index contributed by atoms with van der Waals surface area (Å²) < 4.78 is 49.2. The van der Waals surface area contributed by atoms with Gasteiger partial charge in [-0.15, -0.1) is 22.6 Å². The third-order valence-electron chi connectivity index (χ3n) is 6.19. The highest BCUT2D eigenvalue weighted by molar-refractivity contribution is 5.86. The summed E-state index contributed by atoms with van der Waals surface area (Å²) in [6.45, 7) is 2.41. The number of nitrogens with two attached hydrogens (primary N) is 1. The molecule has 1 aliphatic rings. The maximum absolute atomic E-state index is 14.1. The molecule has 0 amide bonds. The highest BCUT2D eigenvalue weighted by atomic mass is 35.5. The number of rotatable bonds is 4. The summed E-state index contributed by atoms with van der Waals surface area (Å²) in [7, 11) is 1.59. The van der Waals surface area contributed by atoms with Crippen LogP contribution in [0.3, 0.4) is 0 Å². The van der Waals surface area contributed by atoms with E-state index in [0.29, 0.717) is 35.9 Å². The van der Waals surface area contributed by atoms with Crippen molar-refractivity contribution in [3.05, 3.63) is 53.7 Å². The fourth-order valence-electron chi connectivity index (χ4n) is 4.56. The highest BCUT2D eigenvalue weighted by Crippen LogP contribution is 2.39. The second kappa shape index (κ2) is 9.01. The van der Waals surface area contributed by atoms with E-state index in [-0.39, 0.29) is 30.6 Å². The Hall–Kier alpha value is -2.95. The number of likely N-dealkylation sites (tertiary alicyclic amines) is 1. The van der Waals surface area contributed by atoms with Gasteiger partial charge >= 0.3 is 6.18 Å². The van der Waals surface area contributed by atoms with Crippen LogP contribution in [0.15, 0.2) is 42.6 Å². The number of ether oxygens (including phenoxy) is 1. The first-order valence-corrected chi connectivity index (χ1v) is 10.6. The van der Waals surface area contributed by atoms with Gasteiger partial charge in [-0.3, -0.25) is 9.30 Å². The van der Waals surface area contributed by atoms with E-state index in [4.69, 9.17) is 15.5 Å². The molecule has 3 aromatic heterocycles. The quantitative estimate of drug-likeness (QED) is 0.457. The van der Waals surface area contributed by atoms with Crippen molar-refractivity contribution in [3.63, 3.8) is 0 Å². The topological polar surface area (TPSA) is 81.6 Å². The Bertz CT molecular complexity index is 1340. The molecule has 0 spiro atoms. The molecule has 0 radical (unpaired) electrons. The van der Waals surface area contributed by atoms with Gasteiger partial charge < -0.3 is 10.5 Å². The Morgan fingerprint density at radius 3 is 2.56 bits per heavy atom. The van der Waals surface area contributed by atoms with Crippen molar-refractivity contribution in [1.29, 1.82) is 0 Å². The maximum Gasteiger partial charge on any atom is 0.408 e. The molecule has 180 valence electrons. The molecular formula is C23H24ClF3N6O. The van der Waals surface area contributed by atoms with Crippen molar-refractivity contribution < 1.29 is 17.9 Å². The van der Waals surface area contributed by atoms with Crippen LogP contribution < -0.4 is 10.5 Å². The van der Waals surface area contributed by atoms with Crippen molar-refractivity contribution >= 4 is 29.0 Å². The molecule has 2 atom stereocenters. The largest absolute Gasteiger partial charge is 0.496 e. The molecule has 5 rings (SSSR count). The van der Waals surface area contributed by atoms with Crippen molar-refractivity contribution in [3.8, 4) is 17.3 Å². The number of pyridine rings is 2. The van der Waals surface area contributed by atoms with Gasteiger partial charge in [0.2, 0.25) is 0 Å². The van der Waals surface area contributed by atoms with E-state index in [0.717, 1.165) is 16.5 Å². The van der Waals surface area contributed by atoms with E-state index in [2.05, 4.69) is 10.2 Å². The summed E-state index contributed by atoms with van der Waals surface area (Å²) in [6.07, 6.45) is -2.45. The normalized spacial score (nSPS) is 17.8. The fraction of sp³-hybridized carbons (Fsp3) is 0.348. The van der Waals surface area contributed by atoms with Crippen LogP contribution in [0.5, 0.6) is 5.75 Å². The second-order valence-corrected chi connectivity index (χ2v) is 8.36. The lowest BCUT2D eigenvalue weighted by atomic mass is 10.1. The van der Waals surface area contributed by atoms with Crippen LogP contribution in [0.4, 0.5) is 13.2 Å². The number of hydrogen-bond donors (Lipinski definition) is 1. The molecule has 4 heterocycles.